The Morgan fingerprint density at radius 2 is 1.93 bits per heavy atom. The number of fused-ring (bicyclic) bond motifs is 5. The average molecular weight is 557 g/mol. The first kappa shape index (κ1) is 25.2. The molecule has 4 aromatic heterocycles. The van der Waals surface area contributed by atoms with Gasteiger partial charge in [-0.1, -0.05) is 0 Å². The van der Waals surface area contributed by atoms with Gasteiger partial charge in [-0.15, -0.1) is 0 Å². The fourth-order valence-electron chi connectivity index (χ4n) is 5.75. The molecule has 2 aliphatic rings. The van der Waals surface area contributed by atoms with Crippen molar-refractivity contribution in [2.24, 2.45) is 11.8 Å². The summed E-state index contributed by atoms with van der Waals surface area (Å²) in [5.41, 5.74) is 2.74. The number of hydrogen-bond acceptors (Lipinski definition) is 9. The number of alkyl carbamates (subject to hydrolysis) is 1. The van der Waals surface area contributed by atoms with Gasteiger partial charge in [0.15, 0.2) is 5.75 Å². The molecule has 0 unspecified atom stereocenters. The summed E-state index contributed by atoms with van der Waals surface area (Å²) in [6.07, 6.45) is 2.89. The van der Waals surface area contributed by atoms with Gasteiger partial charge in [0.05, 0.1) is 33.8 Å². The van der Waals surface area contributed by atoms with E-state index in [1.54, 1.807) is 25.5 Å². The van der Waals surface area contributed by atoms with Crippen molar-refractivity contribution in [3.8, 4) is 11.8 Å². The SMILES string of the molecule is CNc1cc(F)cc2c1[nH]c1nc(Oc3cnc4cccnc4c3)nc(N3C[C@@H]4[C@H](C3)[C@H]4NC(=O)OC(C)(C)C)c12. The van der Waals surface area contributed by atoms with Crippen molar-refractivity contribution < 1.29 is 18.7 Å². The Labute approximate surface area is 234 Å². The Morgan fingerprint density at radius 1 is 1.12 bits per heavy atom. The molecule has 5 heterocycles. The molecule has 7 rings (SSSR count). The van der Waals surface area contributed by atoms with Gasteiger partial charge in [-0.3, -0.25) is 9.97 Å². The van der Waals surface area contributed by atoms with Crippen LogP contribution in [0.2, 0.25) is 0 Å². The quantitative estimate of drug-likeness (QED) is 0.274. The lowest BCUT2D eigenvalue weighted by molar-refractivity contribution is 0.0518. The zero-order chi connectivity index (χ0) is 28.5. The molecule has 0 bridgehead atoms. The van der Waals surface area contributed by atoms with Crippen molar-refractivity contribution >= 4 is 50.6 Å². The Kier molecular flexibility index (Phi) is 5.63. The minimum atomic E-state index is -0.559. The third-order valence-electron chi connectivity index (χ3n) is 7.57. The molecule has 1 aliphatic heterocycles. The largest absolute Gasteiger partial charge is 0.444 e. The summed E-state index contributed by atoms with van der Waals surface area (Å²) in [4.78, 5) is 36.1. The fourth-order valence-corrected chi connectivity index (χ4v) is 5.75. The summed E-state index contributed by atoms with van der Waals surface area (Å²) < 4.78 is 26.2. The second-order valence-corrected chi connectivity index (χ2v) is 11.5. The Hall–Kier alpha value is -4.74. The van der Waals surface area contributed by atoms with Crippen LogP contribution in [-0.4, -0.2) is 62.8 Å². The molecule has 1 amide bonds. The van der Waals surface area contributed by atoms with E-state index in [4.69, 9.17) is 14.5 Å². The molecule has 3 N–H and O–H groups in total. The maximum absolute atomic E-state index is 14.7. The maximum atomic E-state index is 14.7. The summed E-state index contributed by atoms with van der Waals surface area (Å²) in [6.45, 7) is 6.86. The lowest BCUT2D eigenvalue weighted by atomic mass is 10.1. The van der Waals surface area contributed by atoms with Crippen LogP contribution in [0.15, 0.2) is 42.7 Å². The number of H-pyrrole nitrogens is 1. The van der Waals surface area contributed by atoms with Gasteiger partial charge in [-0.05, 0) is 45.0 Å². The molecule has 11 nitrogen and oxygen atoms in total. The van der Waals surface area contributed by atoms with E-state index in [0.29, 0.717) is 52.3 Å². The number of benzene rings is 1. The number of hydrogen-bond donors (Lipinski definition) is 3. The lowest BCUT2D eigenvalue weighted by Gasteiger charge is -2.24. The van der Waals surface area contributed by atoms with Crippen LogP contribution in [0.3, 0.4) is 0 Å². The van der Waals surface area contributed by atoms with Crippen molar-refractivity contribution in [2.45, 2.75) is 32.4 Å². The minimum Gasteiger partial charge on any atom is -0.444 e. The maximum Gasteiger partial charge on any atom is 0.407 e. The van der Waals surface area contributed by atoms with Crippen LogP contribution in [-0.2, 0) is 4.74 Å². The molecule has 3 atom stereocenters. The van der Waals surface area contributed by atoms with Crippen LogP contribution in [0.25, 0.3) is 33.0 Å². The van der Waals surface area contributed by atoms with Crippen LogP contribution in [0.1, 0.15) is 20.8 Å². The topological polar surface area (TPSA) is 130 Å². The second-order valence-electron chi connectivity index (χ2n) is 11.5. The fraction of sp³-hybridized carbons (Fsp3) is 0.345. The summed E-state index contributed by atoms with van der Waals surface area (Å²) >= 11 is 0. The van der Waals surface area contributed by atoms with Gasteiger partial charge in [0, 0.05) is 55.7 Å². The van der Waals surface area contributed by atoms with Crippen molar-refractivity contribution in [1.29, 1.82) is 0 Å². The first-order chi connectivity index (χ1) is 19.7. The van der Waals surface area contributed by atoms with Crippen LogP contribution in [0, 0.1) is 17.7 Å². The Morgan fingerprint density at radius 3 is 2.68 bits per heavy atom. The number of amides is 1. The molecule has 41 heavy (non-hydrogen) atoms. The molecule has 0 spiro atoms. The van der Waals surface area contributed by atoms with Gasteiger partial charge >= 0.3 is 12.1 Å². The van der Waals surface area contributed by atoms with E-state index in [-0.39, 0.29) is 29.7 Å². The number of pyridine rings is 2. The Bertz CT molecular complexity index is 1820. The number of carbonyl (C=O) groups excluding carboxylic acids is 1. The molecular weight excluding hydrogens is 527 g/mol. The number of anilines is 2. The van der Waals surface area contributed by atoms with E-state index >= 15 is 0 Å². The van der Waals surface area contributed by atoms with Crippen molar-refractivity contribution in [1.82, 2.24) is 30.2 Å². The predicted molar refractivity (Wildman–Crippen MR) is 153 cm³/mol. The number of aromatic amines is 1. The lowest BCUT2D eigenvalue weighted by Crippen LogP contribution is -2.38. The summed E-state index contributed by atoms with van der Waals surface area (Å²) in [5, 5.41) is 7.44. The Balaban J connectivity index is 1.24. The number of rotatable bonds is 5. The molecule has 12 heteroatoms. The first-order valence-corrected chi connectivity index (χ1v) is 13.5. The molecule has 2 fully saturated rings. The second kappa shape index (κ2) is 9.15. The number of carbonyl (C=O) groups is 1. The van der Waals surface area contributed by atoms with Gasteiger partial charge in [0.25, 0.3) is 0 Å². The molecular formula is C29H29FN8O3. The van der Waals surface area contributed by atoms with E-state index < -0.39 is 11.7 Å². The number of aromatic nitrogens is 5. The normalized spacial score (nSPS) is 19.9. The zero-order valence-corrected chi connectivity index (χ0v) is 23.0. The smallest absolute Gasteiger partial charge is 0.407 e. The van der Waals surface area contributed by atoms with Gasteiger partial charge in [0.1, 0.15) is 22.9 Å². The zero-order valence-electron chi connectivity index (χ0n) is 23.0. The third kappa shape index (κ3) is 4.58. The van der Waals surface area contributed by atoms with E-state index in [2.05, 4.69) is 35.5 Å². The predicted octanol–water partition coefficient (Wildman–Crippen LogP) is 4.99. The van der Waals surface area contributed by atoms with Crippen LogP contribution < -0.4 is 20.3 Å². The third-order valence-corrected chi connectivity index (χ3v) is 7.57. The van der Waals surface area contributed by atoms with E-state index in [1.807, 2.05) is 32.9 Å². The number of piperidine rings is 1. The molecule has 1 aliphatic carbocycles. The molecule has 210 valence electrons. The highest BCUT2D eigenvalue weighted by atomic mass is 19.1. The van der Waals surface area contributed by atoms with E-state index in [0.717, 1.165) is 11.0 Å². The highest BCUT2D eigenvalue weighted by Crippen LogP contribution is 2.48. The van der Waals surface area contributed by atoms with Crippen LogP contribution in [0.4, 0.5) is 20.7 Å². The van der Waals surface area contributed by atoms with Crippen molar-refractivity contribution in [2.75, 3.05) is 30.4 Å². The highest BCUT2D eigenvalue weighted by molar-refractivity contribution is 6.14. The van der Waals surface area contributed by atoms with Gasteiger partial charge in [-0.25, -0.2) is 9.18 Å². The van der Waals surface area contributed by atoms with Gasteiger partial charge < -0.3 is 30.0 Å². The summed E-state index contributed by atoms with van der Waals surface area (Å²) in [5.74, 6) is 1.23. The monoisotopic (exact) mass is 556 g/mol. The number of nitrogens with zero attached hydrogens (tertiary/aromatic N) is 5. The van der Waals surface area contributed by atoms with Gasteiger partial charge in [0.2, 0.25) is 0 Å². The van der Waals surface area contributed by atoms with Crippen LogP contribution in [0.5, 0.6) is 11.8 Å². The van der Waals surface area contributed by atoms with Crippen molar-refractivity contribution in [3.63, 3.8) is 0 Å². The first-order valence-electron chi connectivity index (χ1n) is 13.5. The minimum absolute atomic E-state index is 0.0432. The molecule has 0 radical (unpaired) electrons. The highest BCUT2D eigenvalue weighted by Gasteiger charge is 2.57. The summed E-state index contributed by atoms with van der Waals surface area (Å²) in [6, 6.07) is 8.59. The molecule has 5 aromatic rings. The number of halogens is 1. The van der Waals surface area contributed by atoms with Crippen molar-refractivity contribution in [3.05, 3.63) is 48.5 Å². The molecule has 1 aromatic carbocycles. The number of ether oxygens (including phenoxy) is 2. The molecule has 1 saturated heterocycles. The summed E-state index contributed by atoms with van der Waals surface area (Å²) in [7, 11) is 1.74. The number of nitrogens with one attached hydrogen (secondary N) is 3. The van der Waals surface area contributed by atoms with E-state index in [1.165, 1.54) is 12.1 Å². The average Bonchev–Trinajstić information content (AvgIpc) is 3.24. The van der Waals surface area contributed by atoms with Crippen LogP contribution >= 0.6 is 0 Å². The van der Waals surface area contributed by atoms with E-state index in [9.17, 15) is 9.18 Å². The standard InChI is InChI=1S/C29H29FN8O3/c1-29(2,3)41-28(39)35-23-17-12-38(13-18(17)23)26-22-16-8-14(30)9-21(31-4)24(16)34-25(22)36-27(37-26)40-15-10-20-19(33-11-15)6-5-7-32-20/h5-11,17-18,23,31H,12-13H2,1-4H3,(H,35,39)(H,34,36,37)/t17-,18+,23+. The molecule has 1 saturated carbocycles. The van der Waals surface area contributed by atoms with Gasteiger partial charge in [-0.2, -0.15) is 9.97 Å².